The minimum absolute atomic E-state index is 0.0809. The Kier molecular flexibility index (Phi) is 51.6. The number of pyridine rings is 5. The van der Waals surface area contributed by atoms with Crippen LogP contribution >= 0.6 is 0 Å². The van der Waals surface area contributed by atoms with Gasteiger partial charge in [-0.15, -0.1) is 0 Å². The van der Waals surface area contributed by atoms with Crippen LogP contribution in [0.1, 0.15) is 362 Å². The van der Waals surface area contributed by atoms with Gasteiger partial charge in [0.05, 0.1) is 88.9 Å². The molecular weight excluding hydrogens is 1760 g/mol. The van der Waals surface area contributed by atoms with Gasteiger partial charge in [-0.05, 0) is 301 Å². The molecule has 0 aromatic carbocycles. The van der Waals surface area contributed by atoms with Gasteiger partial charge in [-0.25, -0.2) is 0 Å². The second-order valence-electron chi connectivity index (χ2n) is 43.8. The van der Waals surface area contributed by atoms with Crippen molar-refractivity contribution in [3.8, 4) is 0 Å². The number of amides is 5. The lowest BCUT2D eigenvalue weighted by molar-refractivity contribution is -0.135. The van der Waals surface area contributed by atoms with E-state index < -0.39 is 0 Å². The molecule has 5 aliphatic carbocycles. The number of fused-ring (bicyclic) bond motifs is 5. The molecular formula is C114H190N22O5. The molecule has 0 radical (unpaired) electrons. The second kappa shape index (κ2) is 63.9. The van der Waals surface area contributed by atoms with Gasteiger partial charge in [0, 0.05) is 134 Å². The number of unbranched alkanes of at least 4 members (excludes halogenated alkanes) is 6. The summed E-state index contributed by atoms with van der Waals surface area (Å²) in [5.41, 5.74) is 12.4. The van der Waals surface area contributed by atoms with Gasteiger partial charge in [0.1, 0.15) is 0 Å². The Labute approximate surface area is 850 Å². The Morgan fingerprint density at radius 3 is 0.844 bits per heavy atom. The van der Waals surface area contributed by atoms with Crippen molar-refractivity contribution in [3.63, 3.8) is 0 Å². The van der Waals surface area contributed by atoms with Crippen LogP contribution in [0.4, 0.5) is 0 Å². The van der Waals surface area contributed by atoms with Crippen LogP contribution in [0.25, 0.3) is 0 Å². The number of aromatic nitrogens is 5. The molecule has 5 aromatic heterocycles. The van der Waals surface area contributed by atoms with Crippen molar-refractivity contribution in [2.45, 2.75) is 386 Å². The molecule has 13 N–H and O–H groups in total. The first-order chi connectivity index (χ1) is 68.7. The molecule has 27 heteroatoms. The van der Waals surface area contributed by atoms with E-state index in [0.717, 1.165) is 346 Å². The molecule has 5 aromatic rings. The number of carbonyl (C=O) groups is 5. The van der Waals surface area contributed by atoms with E-state index in [-0.39, 0.29) is 102 Å². The molecule has 5 fully saturated rings. The van der Waals surface area contributed by atoms with Gasteiger partial charge < -0.3 is 62.1 Å². The van der Waals surface area contributed by atoms with E-state index >= 15 is 0 Å². The van der Waals surface area contributed by atoms with Crippen molar-refractivity contribution >= 4 is 29.5 Å². The third kappa shape index (κ3) is 39.4. The van der Waals surface area contributed by atoms with Crippen molar-refractivity contribution in [2.75, 3.05) is 131 Å². The third-order valence-corrected chi connectivity index (χ3v) is 29.9. The zero-order chi connectivity index (χ0) is 99.7. The van der Waals surface area contributed by atoms with Crippen molar-refractivity contribution in [1.82, 2.24) is 114 Å². The van der Waals surface area contributed by atoms with E-state index in [1.165, 1.54) is 72.8 Å². The van der Waals surface area contributed by atoms with E-state index in [0.29, 0.717) is 29.7 Å². The smallest absolute Gasteiger partial charge is 0.239 e. The standard InChI is InChI=1S/C27H47N5O.C26H45N5O.C21H34N4O.2C20H32N4O/c1-20(2)18-32(19-21(3)4)17-7-11-25(27(33)30-23-12-15-28-16-13-23)31-24-10-5-8-22-9-6-14-29-26(22)24;1-20(2)18-30(19-21(3)4)15-7-11-24(26(32)31-16-13-27-14-17-31)29-23-10-5-8-22-9-6-12-28-25(22)23;1-2-3-4-9-19(21(26)24-17-11-14-22-15-12-17)25-18-10-5-7-16-8-6-13-23-20(16)18;1-2-3-4-9-18(20(25)23-16-11-13-21-14-16)24-17-10-5-7-15-8-6-12-22-19(15)17;1-2-3-4-9-18(20(25)24-14-12-21-13-15-24)23-17-10-5-7-16-8-6-11-22-19(16)17/h6,9,14,20-21,23-25,28,31H,5,7-8,10-13,15-19H2,1-4H3,(H,30,33);6,9,12,20-21,23-24,27,29H,5,7-8,10-11,13-19H2,1-4H3;6,8,13,17-19,22,25H,2-5,7,9-12,14-15H2,1H3,(H,24,26);6,8,12,16-18,21,24H,2-5,7,9-11,13-14H2,1H3,(H,23,25);6,8,11,17-18,21,23H,2-5,7,9-10,12-15H2,1H3. The molecule has 0 saturated carbocycles. The number of aryl methyl sites for hydroxylation is 5. The molecule has 5 amide bonds. The van der Waals surface area contributed by atoms with Gasteiger partial charge in [-0.1, -0.05) is 164 Å². The fourth-order valence-electron chi connectivity index (χ4n) is 22.7. The fourth-order valence-corrected chi connectivity index (χ4v) is 22.7. The number of piperazine rings is 2. The molecule has 11 unspecified atom stereocenters. The lowest BCUT2D eigenvalue weighted by atomic mass is 9.91. The highest BCUT2D eigenvalue weighted by molar-refractivity contribution is 5.84. The van der Waals surface area contributed by atoms with Crippen LogP contribution in [-0.2, 0) is 56.1 Å². The lowest BCUT2D eigenvalue weighted by Crippen LogP contribution is -2.54. The zero-order valence-corrected chi connectivity index (χ0v) is 89.1. The summed E-state index contributed by atoms with van der Waals surface area (Å²) in [5.74, 6) is 3.70. The molecule has 10 aliphatic rings. The summed E-state index contributed by atoms with van der Waals surface area (Å²) in [6.07, 6.45) is 48.0. The predicted molar refractivity (Wildman–Crippen MR) is 574 cm³/mol. The van der Waals surface area contributed by atoms with Gasteiger partial charge in [-0.2, -0.15) is 0 Å². The van der Waals surface area contributed by atoms with E-state index in [1.54, 1.807) is 0 Å². The van der Waals surface area contributed by atoms with Crippen LogP contribution in [0, 0.1) is 23.7 Å². The SMILES string of the molecule is CC(C)CN(CCCC(NC1CCCc2cccnc21)C(=O)N1CCNCC1)CC(C)C.CC(C)CN(CCCC(NC1CCCc2cccnc21)C(=O)NC1CCNCC1)CC(C)C.CCCCCC(NC1CCCc2cccnc21)C(=O)N1CCNCC1.CCCCCC(NC1CCCc2cccnc21)C(=O)NC1CCNC1.CCCCCC(NC1CCCc2cccnc21)C(=O)NC1CCNCC1. The highest BCUT2D eigenvalue weighted by Crippen LogP contribution is 2.35. The summed E-state index contributed by atoms with van der Waals surface area (Å²) in [6.45, 7) is 44.3. The van der Waals surface area contributed by atoms with Crippen molar-refractivity contribution < 1.29 is 24.0 Å². The minimum Gasteiger partial charge on any atom is -0.352 e. The molecule has 0 bridgehead atoms. The summed E-state index contributed by atoms with van der Waals surface area (Å²) in [4.78, 5) is 98.3. The molecule has 27 nitrogen and oxygen atoms in total. The van der Waals surface area contributed by atoms with Crippen molar-refractivity contribution in [1.29, 1.82) is 0 Å². The summed E-state index contributed by atoms with van der Waals surface area (Å²) in [7, 11) is 0. The summed E-state index contributed by atoms with van der Waals surface area (Å²) in [5, 5.41) is 45.2. The lowest BCUT2D eigenvalue weighted by Gasteiger charge is -2.34. The molecule has 15 rings (SSSR count). The van der Waals surface area contributed by atoms with Crippen LogP contribution in [0.15, 0.2) is 91.6 Å². The summed E-state index contributed by atoms with van der Waals surface area (Å²) in [6, 6.07) is 22.2. The maximum atomic E-state index is 13.5. The number of carbonyl (C=O) groups excluding carboxylic acids is 5. The Balaban J connectivity index is 0.000000169. The Bertz CT molecular complexity index is 4340. The Hall–Kier alpha value is -7.38. The van der Waals surface area contributed by atoms with Crippen molar-refractivity contribution in [3.05, 3.63) is 148 Å². The third-order valence-electron chi connectivity index (χ3n) is 29.9. The number of piperidine rings is 2. The number of hydrogen-bond acceptors (Lipinski definition) is 22. The van der Waals surface area contributed by atoms with E-state index in [4.69, 9.17) is 9.97 Å². The molecule has 11 atom stereocenters. The second-order valence-corrected chi connectivity index (χ2v) is 43.8. The van der Waals surface area contributed by atoms with Crippen molar-refractivity contribution in [2.24, 2.45) is 23.7 Å². The van der Waals surface area contributed by atoms with Gasteiger partial charge in [0.25, 0.3) is 0 Å². The monoisotopic (exact) mass is 1950 g/mol. The highest BCUT2D eigenvalue weighted by atomic mass is 16.2. The average molecular weight is 1950 g/mol. The maximum absolute atomic E-state index is 13.5. The maximum Gasteiger partial charge on any atom is 0.239 e. The topological polar surface area (TPSA) is 319 Å². The fraction of sp³-hybridized carbons (Fsp3) is 0.737. The average Bonchev–Trinajstić information content (AvgIpc) is 0.888. The van der Waals surface area contributed by atoms with Crippen LogP contribution in [0.3, 0.4) is 0 Å². The van der Waals surface area contributed by atoms with E-state index in [9.17, 15) is 24.0 Å². The van der Waals surface area contributed by atoms with Gasteiger partial charge in [0.15, 0.2) is 0 Å². The Morgan fingerprint density at radius 1 is 0.319 bits per heavy atom. The normalized spacial score (nSPS) is 21.4. The van der Waals surface area contributed by atoms with Gasteiger partial charge in [-0.3, -0.25) is 75.5 Å². The number of nitrogens with zero attached hydrogens (tertiary/aromatic N) is 9. The summed E-state index contributed by atoms with van der Waals surface area (Å²) < 4.78 is 0. The first-order valence-corrected chi connectivity index (χ1v) is 56.7. The first-order valence-electron chi connectivity index (χ1n) is 56.7. The van der Waals surface area contributed by atoms with Crippen LogP contribution < -0.4 is 69.1 Å². The van der Waals surface area contributed by atoms with Gasteiger partial charge >= 0.3 is 0 Å². The predicted octanol–water partition coefficient (Wildman–Crippen LogP) is 14.7. The zero-order valence-electron chi connectivity index (χ0n) is 89.1. The Morgan fingerprint density at radius 2 is 0.567 bits per heavy atom. The quantitative estimate of drug-likeness (QED) is 0.0161. The molecule has 141 heavy (non-hydrogen) atoms. The van der Waals surface area contributed by atoms with E-state index in [1.807, 2.05) is 66.2 Å². The number of rotatable bonds is 46. The molecule has 786 valence electrons. The van der Waals surface area contributed by atoms with Crippen LogP contribution in [0.5, 0.6) is 0 Å². The molecule has 5 aliphatic heterocycles. The van der Waals surface area contributed by atoms with Crippen LogP contribution in [-0.4, -0.2) is 253 Å². The van der Waals surface area contributed by atoms with Crippen LogP contribution in [0.2, 0.25) is 0 Å². The minimum atomic E-state index is -0.169. The number of hydrogen-bond donors (Lipinski definition) is 13. The number of nitrogens with one attached hydrogen (secondary N) is 13. The summed E-state index contributed by atoms with van der Waals surface area (Å²) >= 11 is 0. The van der Waals surface area contributed by atoms with Gasteiger partial charge in [0.2, 0.25) is 29.5 Å². The molecule has 10 heterocycles. The highest BCUT2D eigenvalue weighted by Gasteiger charge is 2.37. The largest absolute Gasteiger partial charge is 0.352 e. The molecule has 0 spiro atoms. The van der Waals surface area contributed by atoms with E-state index in [2.05, 4.69) is 205 Å². The molecule has 5 saturated heterocycles. The first kappa shape index (κ1) is 114.